The highest BCUT2D eigenvalue weighted by Crippen LogP contribution is 2.32. The second-order valence-electron chi connectivity index (χ2n) is 9.01. The second kappa shape index (κ2) is 6.92. The van der Waals surface area contributed by atoms with Gasteiger partial charge in [-0.1, -0.05) is 12.1 Å². The van der Waals surface area contributed by atoms with Crippen molar-refractivity contribution in [2.24, 2.45) is 0 Å². The fourth-order valence-electron chi connectivity index (χ4n) is 4.86. The van der Waals surface area contributed by atoms with Crippen molar-refractivity contribution in [3.8, 4) is 0 Å². The zero-order valence-corrected chi connectivity index (χ0v) is 17.8. The molecule has 4 aromatic rings. The van der Waals surface area contributed by atoms with Crippen molar-refractivity contribution >= 4 is 39.3 Å². The molecule has 0 unspecified atom stereocenters. The lowest BCUT2D eigenvalue weighted by Gasteiger charge is -2.38. The molecule has 0 radical (unpaired) electrons. The molecule has 1 saturated heterocycles. The quantitative estimate of drug-likeness (QED) is 0.539. The van der Waals surface area contributed by atoms with Crippen molar-refractivity contribution in [1.82, 2.24) is 25.0 Å². The van der Waals surface area contributed by atoms with E-state index in [1.54, 1.807) is 0 Å². The number of nitrogens with one attached hydrogen (secondary N) is 2. The van der Waals surface area contributed by atoms with Gasteiger partial charge in [0.05, 0.1) is 16.6 Å². The molecule has 7 nitrogen and oxygen atoms in total. The summed E-state index contributed by atoms with van der Waals surface area (Å²) in [6.07, 6.45) is 3.97. The molecule has 2 fully saturated rings. The number of aromatic nitrogens is 3. The van der Waals surface area contributed by atoms with Crippen molar-refractivity contribution < 1.29 is 4.79 Å². The van der Waals surface area contributed by atoms with Crippen LogP contribution in [0.5, 0.6) is 0 Å². The number of hydrogen-bond donors (Lipinski definition) is 2. The lowest BCUT2D eigenvalue weighted by atomic mass is 10.1. The number of benzene rings is 1. The summed E-state index contributed by atoms with van der Waals surface area (Å²) in [5, 5.41) is 7.73. The first-order valence-corrected chi connectivity index (χ1v) is 11.1. The van der Waals surface area contributed by atoms with E-state index in [-0.39, 0.29) is 11.9 Å². The van der Waals surface area contributed by atoms with E-state index in [1.807, 2.05) is 40.9 Å². The van der Waals surface area contributed by atoms with E-state index in [4.69, 9.17) is 9.97 Å². The van der Waals surface area contributed by atoms with Crippen LogP contribution >= 0.6 is 0 Å². The highest BCUT2D eigenvalue weighted by molar-refractivity contribution is 6.07. The van der Waals surface area contributed by atoms with Crippen molar-refractivity contribution in [3.63, 3.8) is 0 Å². The predicted octanol–water partition coefficient (Wildman–Crippen LogP) is 3.11. The number of piperazine rings is 1. The normalized spacial score (nSPS) is 21.8. The first-order chi connectivity index (χ1) is 15.1. The van der Waals surface area contributed by atoms with Gasteiger partial charge in [0.25, 0.3) is 5.91 Å². The third kappa shape index (κ3) is 3.11. The minimum Gasteiger partial charge on any atom is -0.368 e. The summed E-state index contributed by atoms with van der Waals surface area (Å²) in [5.41, 5.74) is 5.07. The molecule has 1 aliphatic carbocycles. The molecule has 1 saturated carbocycles. The van der Waals surface area contributed by atoms with Crippen LogP contribution in [0.4, 0.5) is 5.69 Å². The van der Waals surface area contributed by atoms with Gasteiger partial charge in [-0.15, -0.1) is 0 Å². The first-order valence-electron chi connectivity index (χ1n) is 11.1. The van der Waals surface area contributed by atoms with Gasteiger partial charge in [-0.2, -0.15) is 0 Å². The number of rotatable bonds is 3. The van der Waals surface area contributed by atoms with Crippen molar-refractivity contribution in [2.45, 2.75) is 44.8 Å². The lowest BCUT2D eigenvalue weighted by molar-refractivity contribution is 0.0952. The zero-order valence-electron chi connectivity index (χ0n) is 17.8. The maximum Gasteiger partial charge on any atom is 0.255 e. The van der Waals surface area contributed by atoms with Crippen LogP contribution in [0.3, 0.4) is 0 Å². The van der Waals surface area contributed by atoms with Crippen LogP contribution in [-0.4, -0.2) is 51.5 Å². The summed E-state index contributed by atoms with van der Waals surface area (Å²) in [6, 6.07) is 13.1. The van der Waals surface area contributed by atoms with Gasteiger partial charge in [0.15, 0.2) is 5.65 Å². The maximum atomic E-state index is 13.2. The molecule has 31 heavy (non-hydrogen) atoms. The molecular weight excluding hydrogens is 388 g/mol. The molecule has 6 rings (SSSR count). The fraction of sp³-hybridized carbons (Fsp3) is 0.375. The Kier molecular flexibility index (Phi) is 4.14. The molecule has 1 amide bonds. The Morgan fingerprint density at radius 1 is 1.10 bits per heavy atom. The summed E-state index contributed by atoms with van der Waals surface area (Å²) in [4.78, 5) is 25.2. The Labute approximate surface area is 180 Å². The van der Waals surface area contributed by atoms with Crippen LogP contribution in [-0.2, 0) is 0 Å². The summed E-state index contributed by atoms with van der Waals surface area (Å²) in [7, 11) is 0. The number of anilines is 1. The number of amides is 1. The van der Waals surface area contributed by atoms with Crippen LogP contribution < -0.4 is 15.5 Å². The van der Waals surface area contributed by atoms with Crippen molar-refractivity contribution in [1.29, 1.82) is 0 Å². The predicted molar refractivity (Wildman–Crippen MR) is 123 cm³/mol. The van der Waals surface area contributed by atoms with E-state index >= 15 is 0 Å². The Balaban J connectivity index is 1.63. The smallest absolute Gasteiger partial charge is 0.255 e. The third-order valence-electron chi connectivity index (χ3n) is 6.30. The van der Waals surface area contributed by atoms with E-state index in [2.05, 4.69) is 35.4 Å². The van der Waals surface area contributed by atoms with Gasteiger partial charge in [0.2, 0.25) is 0 Å². The molecule has 7 heteroatoms. The largest absolute Gasteiger partial charge is 0.368 e. The molecule has 4 heterocycles. The Bertz CT molecular complexity index is 1310. The lowest BCUT2D eigenvalue weighted by Crippen LogP contribution is -2.54. The molecule has 158 valence electrons. The molecule has 2 atom stereocenters. The minimum absolute atomic E-state index is 0.0541. The molecule has 3 aromatic heterocycles. The second-order valence-corrected chi connectivity index (χ2v) is 9.01. The number of hydrogen-bond acceptors (Lipinski definition) is 5. The van der Waals surface area contributed by atoms with Crippen LogP contribution in [0.2, 0.25) is 0 Å². The molecule has 0 spiro atoms. The number of pyridine rings is 2. The van der Waals surface area contributed by atoms with Gasteiger partial charge in [-0.25, -0.2) is 9.97 Å². The summed E-state index contributed by atoms with van der Waals surface area (Å²) >= 11 is 0. The fourth-order valence-corrected chi connectivity index (χ4v) is 4.86. The summed E-state index contributed by atoms with van der Waals surface area (Å²) < 4.78 is 2.05. The molecule has 1 aromatic carbocycles. The van der Waals surface area contributed by atoms with Gasteiger partial charge in [-0.05, 0) is 51.0 Å². The number of carbonyl (C=O) groups is 1. The van der Waals surface area contributed by atoms with E-state index in [0.717, 1.165) is 53.7 Å². The van der Waals surface area contributed by atoms with E-state index in [1.165, 1.54) is 0 Å². The minimum atomic E-state index is -0.0541. The standard InChI is InChI=1S/C24H26N6O/c1-14-12-29(13-15(2)26-14)20-9-10-25-22-17(20)11-18(24(31)27-16-7-8-16)23-28-19-5-3-4-6-21(19)30(22)23/h3-6,9-11,14-16,26H,7-8,12-13H2,1-2H3,(H,27,31)/t14-,15+. The molecular formula is C24H26N6O. The highest BCUT2D eigenvalue weighted by atomic mass is 16.1. The number of carbonyl (C=O) groups excluding carboxylic acids is 1. The number of fused-ring (bicyclic) bond motifs is 5. The SMILES string of the molecule is C[C@@H]1CN(c2ccnc3c2cc(C(=O)NC2CC2)c2nc4ccccc4n23)C[C@H](C)N1. The van der Waals surface area contributed by atoms with E-state index in [0.29, 0.717) is 23.3 Å². The summed E-state index contributed by atoms with van der Waals surface area (Å²) in [5.74, 6) is -0.0541. The Morgan fingerprint density at radius 3 is 2.65 bits per heavy atom. The number of nitrogens with zero attached hydrogens (tertiary/aromatic N) is 4. The maximum absolute atomic E-state index is 13.2. The van der Waals surface area contributed by atoms with Gasteiger partial charge in [-0.3, -0.25) is 9.20 Å². The van der Waals surface area contributed by atoms with Crippen LogP contribution in [0.25, 0.3) is 27.7 Å². The van der Waals surface area contributed by atoms with Gasteiger partial charge >= 0.3 is 0 Å². The topological polar surface area (TPSA) is 74.6 Å². The summed E-state index contributed by atoms with van der Waals surface area (Å²) in [6.45, 7) is 6.25. The Hall–Kier alpha value is -3.19. The van der Waals surface area contributed by atoms with Crippen LogP contribution in [0.15, 0.2) is 42.6 Å². The van der Waals surface area contributed by atoms with Crippen LogP contribution in [0, 0.1) is 0 Å². The average Bonchev–Trinajstić information content (AvgIpc) is 3.48. The molecule has 2 N–H and O–H groups in total. The van der Waals surface area contributed by atoms with Gasteiger partial charge in [0.1, 0.15) is 5.65 Å². The first kappa shape index (κ1) is 18.6. The van der Waals surface area contributed by atoms with Crippen molar-refractivity contribution in [2.75, 3.05) is 18.0 Å². The molecule has 1 aliphatic heterocycles. The van der Waals surface area contributed by atoms with E-state index in [9.17, 15) is 4.79 Å². The Morgan fingerprint density at radius 2 is 1.87 bits per heavy atom. The zero-order chi connectivity index (χ0) is 21.1. The molecule has 2 aliphatic rings. The number of para-hydroxylation sites is 2. The monoisotopic (exact) mass is 414 g/mol. The van der Waals surface area contributed by atoms with Crippen LogP contribution in [0.1, 0.15) is 37.0 Å². The van der Waals surface area contributed by atoms with E-state index < -0.39 is 0 Å². The number of imidazole rings is 1. The average molecular weight is 415 g/mol. The van der Waals surface area contributed by atoms with Gasteiger partial charge in [0, 0.05) is 48.5 Å². The van der Waals surface area contributed by atoms with Gasteiger partial charge < -0.3 is 15.5 Å². The third-order valence-corrected chi connectivity index (χ3v) is 6.30. The highest BCUT2D eigenvalue weighted by Gasteiger charge is 2.28. The van der Waals surface area contributed by atoms with Crippen molar-refractivity contribution in [3.05, 3.63) is 48.2 Å². The molecule has 0 bridgehead atoms.